The average molecular weight is 276 g/mol. The third-order valence-corrected chi connectivity index (χ3v) is 5.51. The van der Waals surface area contributed by atoms with Crippen molar-refractivity contribution in [2.45, 2.75) is 46.0 Å². The summed E-state index contributed by atoms with van der Waals surface area (Å²) >= 11 is 0. The number of hydrogen-bond acceptors (Lipinski definition) is 3. The maximum atomic E-state index is 12.0. The Morgan fingerprint density at radius 2 is 1.50 bits per heavy atom. The van der Waals surface area contributed by atoms with E-state index in [1.807, 2.05) is 6.92 Å². The van der Waals surface area contributed by atoms with Gasteiger partial charge in [-0.2, -0.15) is 4.31 Å². The highest BCUT2D eigenvalue weighted by atomic mass is 32.2. The molecule has 0 aromatic carbocycles. The molecule has 0 N–H and O–H groups in total. The van der Waals surface area contributed by atoms with E-state index in [9.17, 15) is 8.42 Å². The van der Waals surface area contributed by atoms with Crippen LogP contribution >= 0.6 is 0 Å². The molecule has 1 aliphatic heterocycles. The summed E-state index contributed by atoms with van der Waals surface area (Å²) in [4.78, 5) is 2.39. The predicted octanol–water partition coefficient (Wildman–Crippen LogP) is 1.92. The van der Waals surface area contributed by atoms with Gasteiger partial charge in [0.1, 0.15) is 0 Å². The highest BCUT2D eigenvalue weighted by molar-refractivity contribution is 7.89. The van der Waals surface area contributed by atoms with E-state index >= 15 is 0 Å². The second kappa shape index (κ2) is 8.12. The highest BCUT2D eigenvalue weighted by Gasteiger charge is 2.25. The van der Waals surface area contributed by atoms with Crippen LogP contribution in [0.4, 0.5) is 0 Å². The average Bonchev–Trinajstić information content (AvgIpc) is 2.37. The van der Waals surface area contributed by atoms with E-state index in [0.29, 0.717) is 18.8 Å². The van der Waals surface area contributed by atoms with Gasteiger partial charge in [0.2, 0.25) is 10.0 Å². The minimum absolute atomic E-state index is 0.319. The lowest BCUT2D eigenvalue weighted by Gasteiger charge is -2.34. The Morgan fingerprint density at radius 3 is 2.06 bits per heavy atom. The molecule has 108 valence electrons. The molecule has 0 amide bonds. The van der Waals surface area contributed by atoms with E-state index in [1.54, 1.807) is 4.31 Å². The molecule has 1 aliphatic rings. The van der Waals surface area contributed by atoms with Crippen molar-refractivity contribution >= 4 is 10.0 Å². The van der Waals surface area contributed by atoms with Crippen LogP contribution in [0.15, 0.2) is 0 Å². The summed E-state index contributed by atoms with van der Waals surface area (Å²) in [6.07, 6.45) is 5.47. The molecule has 0 spiro atoms. The smallest absolute Gasteiger partial charge is 0.214 e. The summed E-state index contributed by atoms with van der Waals surface area (Å²) in [7, 11) is -2.99. The largest absolute Gasteiger partial charge is 0.301 e. The van der Waals surface area contributed by atoms with Gasteiger partial charge < -0.3 is 4.90 Å². The summed E-state index contributed by atoms with van der Waals surface area (Å²) < 4.78 is 25.7. The number of rotatable bonds is 8. The van der Waals surface area contributed by atoms with Gasteiger partial charge in [-0.05, 0) is 19.4 Å². The Hall–Kier alpha value is -0.130. The second-order valence-electron chi connectivity index (χ2n) is 5.12. The SMILES string of the molecule is CCCCCN1CCN(S(=O)(=O)CCCC)CC1. The molecular formula is C13H28N2O2S. The fraction of sp³-hybridized carbons (Fsp3) is 1.00. The molecule has 0 aromatic heterocycles. The second-order valence-corrected chi connectivity index (χ2v) is 7.21. The van der Waals surface area contributed by atoms with Crippen molar-refractivity contribution in [1.82, 2.24) is 9.21 Å². The Morgan fingerprint density at radius 1 is 0.889 bits per heavy atom. The summed E-state index contributed by atoms with van der Waals surface area (Å²) in [6.45, 7) is 8.51. The minimum atomic E-state index is -2.99. The Kier molecular flexibility index (Phi) is 7.19. The van der Waals surface area contributed by atoms with Crippen molar-refractivity contribution in [3.05, 3.63) is 0 Å². The van der Waals surface area contributed by atoms with Gasteiger partial charge in [0.15, 0.2) is 0 Å². The number of unbranched alkanes of at least 4 members (excludes halogenated alkanes) is 3. The van der Waals surface area contributed by atoms with Crippen LogP contribution in [0.3, 0.4) is 0 Å². The number of hydrogen-bond donors (Lipinski definition) is 0. The van der Waals surface area contributed by atoms with Gasteiger partial charge in [0.05, 0.1) is 5.75 Å². The summed E-state index contributed by atoms with van der Waals surface area (Å²) in [5, 5.41) is 0. The van der Waals surface area contributed by atoms with Crippen LogP contribution in [0, 0.1) is 0 Å². The molecule has 0 aromatic rings. The van der Waals surface area contributed by atoms with Crippen LogP contribution in [0.2, 0.25) is 0 Å². The first-order valence-corrected chi connectivity index (χ1v) is 8.91. The van der Waals surface area contributed by atoms with Crippen molar-refractivity contribution < 1.29 is 8.42 Å². The maximum absolute atomic E-state index is 12.0. The number of sulfonamides is 1. The van der Waals surface area contributed by atoms with Crippen molar-refractivity contribution in [3.63, 3.8) is 0 Å². The van der Waals surface area contributed by atoms with Gasteiger partial charge in [-0.25, -0.2) is 8.42 Å². The molecule has 1 rings (SSSR count). The molecular weight excluding hydrogens is 248 g/mol. The van der Waals surface area contributed by atoms with E-state index in [0.717, 1.165) is 32.5 Å². The molecule has 18 heavy (non-hydrogen) atoms. The van der Waals surface area contributed by atoms with E-state index in [4.69, 9.17) is 0 Å². The Bertz CT molecular complexity index is 309. The lowest BCUT2D eigenvalue weighted by atomic mass is 10.2. The molecule has 0 atom stereocenters. The molecule has 0 bridgehead atoms. The van der Waals surface area contributed by atoms with Crippen LogP contribution in [-0.2, 0) is 10.0 Å². The van der Waals surface area contributed by atoms with Gasteiger partial charge in [-0.3, -0.25) is 0 Å². The van der Waals surface area contributed by atoms with Gasteiger partial charge in [-0.1, -0.05) is 33.1 Å². The normalized spacial score (nSPS) is 19.2. The van der Waals surface area contributed by atoms with Crippen LogP contribution < -0.4 is 0 Å². The van der Waals surface area contributed by atoms with E-state index < -0.39 is 10.0 Å². The molecule has 0 aliphatic carbocycles. The topological polar surface area (TPSA) is 40.6 Å². The lowest BCUT2D eigenvalue weighted by Crippen LogP contribution is -2.49. The summed E-state index contributed by atoms with van der Waals surface area (Å²) in [6, 6.07) is 0. The molecule has 0 saturated carbocycles. The summed E-state index contributed by atoms with van der Waals surface area (Å²) in [5.41, 5.74) is 0. The fourth-order valence-corrected chi connectivity index (χ4v) is 3.90. The number of piperazine rings is 1. The molecule has 1 fully saturated rings. The molecule has 5 heteroatoms. The van der Waals surface area contributed by atoms with Crippen molar-refractivity contribution in [2.75, 3.05) is 38.5 Å². The third-order valence-electron chi connectivity index (χ3n) is 3.56. The maximum Gasteiger partial charge on any atom is 0.214 e. The summed E-state index contributed by atoms with van der Waals surface area (Å²) in [5.74, 6) is 0.319. The minimum Gasteiger partial charge on any atom is -0.301 e. The number of nitrogens with zero attached hydrogens (tertiary/aromatic N) is 2. The highest BCUT2D eigenvalue weighted by Crippen LogP contribution is 2.10. The monoisotopic (exact) mass is 276 g/mol. The first-order valence-electron chi connectivity index (χ1n) is 7.30. The van der Waals surface area contributed by atoms with Crippen LogP contribution in [-0.4, -0.2) is 56.1 Å². The zero-order valence-electron chi connectivity index (χ0n) is 11.9. The molecule has 4 nitrogen and oxygen atoms in total. The van der Waals surface area contributed by atoms with Gasteiger partial charge in [0.25, 0.3) is 0 Å². The Balaban J connectivity index is 2.30. The standard InChI is InChI=1S/C13H28N2O2S/c1-3-5-7-8-14-9-11-15(12-10-14)18(16,17)13-6-4-2/h3-13H2,1-2H3. The van der Waals surface area contributed by atoms with Crippen molar-refractivity contribution in [3.8, 4) is 0 Å². The first kappa shape index (κ1) is 15.9. The van der Waals surface area contributed by atoms with E-state index in [1.165, 1.54) is 19.3 Å². The molecule has 0 radical (unpaired) electrons. The van der Waals surface area contributed by atoms with E-state index in [-0.39, 0.29) is 0 Å². The molecule has 0 unspecified atom stereocenters. The lowest BCUT2D eigenvalue weighted by molar-refractivity contribution is 0.185. The Labute approximate surface area is 112 Å². The van der Waals surface area contributed by atoms with E-state index in [2.05, 4.69) is 11.8 Å². The fourth-order valence-electron chi connectivity index (χ4n) is 2.27. The zero-order chi connectivity index (χ0) is 13.4. The van der Waals surface area contributed by atoms with Gasteiger partial charge in [0, 0.05) is 26.2 Å². The van der Waals surface area contributed by atoms with Crippen molar-refractivity contribution in [2.24, 2.45) is 0 Å². The molecule has 1 saturated heterocycles. The third kappa shape index (κ3) is 5.24. The predicted molar refractivity (Wildman–Crippen MR) is 76.2 cm³/mol. The quantitative estimate of drug-likeness (QED) is 0.636. The van der Waals surface area contributed by atoms with Gasteiger partial charge in [-0.15, -0.1) is 0 Å². The van der Waals surface area contributed by atoms with Gasteiger partial charge >= 0.3 is 0 Å². The van der Waals surface area contributed by atoms with Crippen LogP contribution in [0.5, 0.6) is 0 Å². The van der Waals surface area contributed by atoms with Crippen molar-refractivity contribution in [1.29, 1.82) is 0 Å². The van der Waals surface area contributed by atoms with Crippen LogP contribution in [0.25, 0.3) is 0 Å². The molecule has 1 heterocycles. The van der Waals surface area contributed by atoms with Crippen LogP contribution in [0.1, 0.15) is 46.0 Å². The first-order chi connectivity index (χ1) is 8.60. The zero-order valence-corrected chi connectivity index (χ0v) is 12.7.